The quantitative estimate of drug-likeness (QED) is 0.617. The normalized spacial score (nSPS) is 23.9. The highest BCUT2D eigenvalue weighted by molar-refractivity contribution is 7.15. The molecule has 2 aliphatic rings. The van der Waals surface area contributed by atoms with Gasteiger partial charge in [0.05, 0.1) is 0 Å². The second-order valence-corrected chi connectivity index (χ2v) is 7.53. The first-order valence-corrected chi connectivity index (χ1v) is 9.29. The van der Waals surface area contributed by atoms with Crippen molar-refractivity contribution >= 4 is 27.9 Å². The van der Waals surface area contributed by atoms with E-state index in [4.69, 9.17) is 0 Å². The third kappa shape index (κ3) is 2.76. The summed E-state index contributed by atoms with van der Waals surface area (Å²) in [6.07, 6.45) is 4.23. The average Bonchev–Trinajstić information content (AvgIpc) is 3.15. The molecule has 0 N–H and O–H groups in total. The van der Waals surface area contributed by atoms with Crippen LogP contribution in [0.15, 0.2) is 11.6 Å². The lowest BCUT2D eigenvalue weighted by Gasteiger charge is -2.42. The Balaban J connectivity index is 1.49. The third-order valence-corrected chi connectivity index (χ3v) is 5.88. The van der Waals surface area contributed by atoms with Crippen LogP contribution in [0, 0.1) is 10.1 Å². The zero-order valence-electron chi connectivity index (χ0n) is 13.8. The molecule has 2 fully saturated rings. The summed E-state index contributed by atoms with van der Waals surface area (Å²) in [5.41, 5.74) is 0. The van der Waals surface area contributed by atoms with Gasteiger partial charge in [-0.25, -0.2) is 0 Å². The molecule has 130 valence electrons. The molecule has 24 heavy (non-hydrogen) atoms. The summed E-state index contributed by atoms with van der Waals surface area (Å²) in [4.78, 5) is 23.4. The minimum absolute atomic E-state index is 0.0945. The molecule has 1 atom stereocenters. The summed E-state index contributed by atoms with van der Waals surface area (Å²) in [5.74, 6) is 0.615. The van der Waals surface area contributed by atoms with Crippen molar-refractivity contribution in [3.8, 4) is 0 Å². The number of likely N-dealkylation sites (N-methyl/N-ethyl adjacent to an activating group) is 1. The molecular weight excluding hydrogens is 328 g/mol. The van der Waals surface area contributed by atoms with Gasteiger partial charge in [-0.05, 0) is 31.4 Å². The lowest BCUT2D eigenvalue weighted by molar-refractivity contribution is -0.389. The minimum Gasteiger partial charge on any atom is -0.358 e. The van der Waals surface area contributed by atoms with E-state index in [0.29, 0.717) is 16.8 Å². The maximum absolute atomic E-state index is 11.5. The van der Waals surface area contributed by atoms with Crippen molar-refractivity contribution in [3.05, 3.63) is 21.7 Å². The standard InChI is InChI=1S/C15H22N6O2S/c1-17-4-2-3-12(11-17)18-5-7-19(8-6-18)13-14(21(22)23)20-9-10-24-15(20)16-13/h9-10,12H,2-8,11H2,1H3. The number of imidazole rings is 1. The first-order chi connectivity index (χ1) is 11.6. The van der Waals surface area contributed by atoms with Crippen LogP contribution in [0.25, 0.3) is 4.96 Å². The van der Waals surface area contributed by atoms with Crippen LogP contribution in [0.4, 0.5) is 11.6 Å². The van der Waals surface area contributed by atoms with Crippen molar-refractivity contribution in [2.45, 2.75) is 18.9 Å². The lowest BCUT2D eigenvalue weighted by atomic mass is 10.0. The molecule has 4 heterocycles. The molecule has 8 nitrogen and oxygen atoms in total. The number of rotatable bonds is 3. The van der Waals surface area contributed by atoms with Gasteiger partial charge >= 0.3 is 5.82 Å². The van der Waals surface area contributed by atoms with Gasteiger partial charge in [-0.2, -0.15) is 9.38 Å². The van der Waals surface area contributed by atoms with Crippen molar-refractivity contribution < 1.29 is 4.92 Å². The third-order valence-electron chi connectivity index (χ3n) is 5.12. The summed E-state index contributed by atoms with van der Waals surface area (Å²) >= 11 is 1.43. The van der Waals surface area contributed by atoms with E-state index in [1.54, 1.807) is 10.6 Å². The highest BCUT2D eigenvalue weighted by atomic mass is 32.1. The molecule has 0 saturated carbocycles. The Bertz CT molecular complexity index is 735. The average molecular weight is 350 g/mol. The number of hydrogen-bond donors (Lipinski definition) is 0. The molecule has 2 saturated heterocycles. The largest absolute Gasteiger partial charge is 0.373 e. The van der Waals surface area contributed by atoms with Gasteiger partial charge in [0.25, 0.3) is 4.96 Å². The van der Waals surface area contributed by atoms with E-state index in [-0.39, 0.29) is 10.7 Å². The lowest BCUT2D eigenvalue weighted by Crippen LogP contribution is -2.54. The molecule has 2 aliphatic heterocycles. The van der Waals surface area contributed by atoms with Crippen LogP contribution >= 0.6 is 11.3 Å². The first-order valence-electron chi connectivity index (χ1n) is 8.41. The van der Waals surface area contributed by atoms with Crippen LogP contribution in [0.2, 0.25) is 0 Å². The number of piperidine rings is 1. The van der Waals surface area contributed by atoms with E-state index in [1.165, 1.54) is 30.7 Å². The van der Waals surface area contributed by atoms with Gasteiger partial charge in [-0.3, -0.25) is 4.90 Å². The summed E-state index contributed by atoms with van der Waals surface area (Å²) in [6, 6.07) is 0.617. The highest BCUT2D eigenvalue weighted by Gasteiger charge is 2.32. The van der Waals surface area contributed by atoms with E-state index in [1.807, 2.05) is 5.38 Å². The number of nitrogens with zero attached hydrogens (tertiary/aromatic N) is 6. The smallest absolute Gasteiger partial charge is 0.358 e. The van der Waals surface area contributed by atoms with Crippen molar-refractivity contribution in [2.75, 3.05) is 51.2 Å². The van der Waals surface area contributed by atoms with Gasteiger partial charge in [0, 0.05) is 44.1 Å². The maximum Gasteiger partial charge on any atom is 0.373 e. The Morgan fingerprint density at radius 3 is 2.79 bits per heavy atom. The fraction of sp³-hybridized carbons (Fsp3) is 0.667. The Morgan fingerprint density at radius 2 is 2.08 bits per heavy atom. The van der Waals surface area contributed by atoms with E-state index in [9.17, 15) is 10.1 Å². The van der Waals surface area contributed by atoms with Gasteiger partial charge in [-0.1, -0.05) is 11.3 Å². The molecule has 1 unspecified atom stereocenters. The van der Waals surface area contributed by atoms with Crippen LogP contribution in [-0.2, 0) is 0 Å². The molecule has 0 aromatic carbocycles. The van der Waals surface area contributed by atoms with E-state index < -0.39 is 0 Å². The number of anilines is 1. The Kier molecular flexibility index (Phi) is 4.15. The first kappa shape index (κ1) is 15.8. The van der Waals surface area contributed by atoms with Crippen LogP contribution in [-0.4, -0.2) is 76.5 Å². The second-order valence-electron chi connectivity index (χ2n) is 6.65. The number of nitro groups is 1. The summed E-state index contributed by atoms with van der Waals surface area (Å²) < 4.78 is 1.59. The molecule has 0 bridgehead atoms. The topological polar surface area (TPSA) is 70.2 Å². The zero-order chi connectivity index (χ0) is 16.7. The number of piperazine rings is 1. The monoisotopic (exact) mass is 350 g/mol. The van der Waals surface area contributed by atoms with E-state index in [0.717, 1.165) is 32.7 Å². The van der Waals surface area contributed by atoms with Gasteiger partial charge in [-0.15, -0.1) is 0 Å². The van der Waals surface area contributed by atoms with Crippen LogP contribution in [0.5, 0.6) is 0 Å². The predicted octanol–water partition coefficient (Wildman–Crippen LogP) is 1.52. The molecule has 0 amide bonds. The SMILES string of the molecule is CN1CCCC(N2CCN(c3nc4sccn4c3[N+](=O)[O-])CC2)C1. The Hall–Kier alpha value is -1.71. The summed E-state index contributed by atoms with van der Waals surface area (Å²) in [6.45, 7) is 5.80. The Morgan fingerprint density at radius 1 is 1.29 bits per heavy atom. The number of hydrogen-bond acceptors (Lipinski definition) is 7. The van der Waals surface area contributed by atoms with Crippen molar-refractivity contribution in [3.63, 3.8) is 0 Å². The summed E-state index contributed by atoms with van der Waals surface area (Å²) in [7, 11) is 2.18. The molecule has 0 aliphatic carbocycles. The molecule has 0 radical (unpaired) electrons. The second kappa shape index (κ2) is 6.30. The Labute approximate surface area is 144 Å². The van der Waals surface area contributed by atoms with Crippen molar-refractivity contribution in [1.29, 1.82) is 0 Å². The van der Waals surface area contributed by atoms with Gasteiger partial charge in [0.1, 0.15) is 6.20 Å². The van der Waals surface area contributed by atoms with Crippen LogP contribution in [0.3, 0.4) is 0 Å². The minimum atomic E-state index is -0.315. The van der Waals surface area contributed by atoms with Gasteiger partial charge in [0.15, 0.2) is 0 Å². The molecule has 2 aromatic rings. The van der Waals surface area contributed by atoms with Gasteiger partial charge < -0.3 is 19.9 Å². The molecule has 4 rings (SSSR count). The fourth-order valence-electron chi connectivity index (χ4n) is 3.88. The number of aromatic nitrogens is 2. The van der Waals surface area contributed by atoms with Crippen LogP contribution in [0.1, 0.15) is 12.8 Å². The molecule has 0 spiro atoms. The number of likely N-dealkylation sites (tertiary alicyclic amines) is 1. The van der Waals surface area contributed by atoms with Gasteiger partial charge in [0.2, 0.25) is 5.82 Å². The maximum atomic E-state index is 11.5. The summed E-state index contributed by atoms with van der Waals surface area (Å²) in [5, 5.41) is 13.3. The van der Waals surface area contributed by atoms with E-state index >= 15 is 0 Å². The van der Waals surface area contributed by atoms with Crippen molar-refractivity contribution in [2.24, 2.45) is 0 Å². The highest BCUT2D eigenvalue weighted by Crippen LogP contribution is 2.32. The molecule has 9 heteroatoms. The number of thiazole rings is 1. The molecule has 2 aromatic heterocycles. The van der Waals surface area contributed by atoms with Crippen molar-refractivity contribution in [1.82, 2.24) is 19.2 Å². The van der Waals surface area contributed by atoms with Crippen LogP contribution < -0.4 is 4.90 Å². The zero-order valence-corrected chi connectivity index (χ0v) is 14.6. The number of fused-ring (bicyclic) bond motifs is 1. The fourth-order valence-corrected chi connectivity index (χ4v) is 4.58. The van der Waals surface area contributed by atoms with E-state index in [2.05, 4.69) is 26.7 Å². The predicted molar refractivity (Wildman–Crippen MR) is 94.0 cm³/mol. The molecular formula is C15H22N6O2S.